The zero-order chi connectivity index (χ0) is 14.0. The summed E-state index contributed by atoms with van der Waals surface area (Å²) in [6.07, 6.45) is 1.20. The summed E-state index contributed by atoms with van der Waals surface area (Å²) in [6, 6.07) is 6.64. The molecule has 0 aromatic heterocycles. The highest BCUT2D eigenvalue weighted by Gasteiger charge is 2.39. The first-order chi connectivity index (χ1) is 9.08. The number of hydrogen-bond acceptors (Lipinski definition) is 2. The number of piperazine rings is 1. The summed E-state index contributed by atoms with van der Waals surface area (Å²) in [6.45, 7) is 3.81. The lowest BCUT2D eigenvalue weighted by molar-refractivity contribution is -0.134. The number of nitrogens with zero attached hydrogens (tertiary/aromatic N) is 1. The standard InChI is InChI=1S/C14H17BrN2O2/c1-3-11-14(19)17(12(4-2)13(18)16-11)10-7-5-6-9(15)8-10/h5-8,11-12H,3-4H2,1-2H3,(H,16,18). The highest BCUT2D eigenvalue weighted by molar-refractivity contribution is 9.10. The number of anilines is 1. The van der Waals surface area contributed by atoms with Crippen molar-refractivity contribution in [3.63, 3.8) is 0 Å². The molecular weight excluding hydrogens is 308 g/mol. The van der Waals surface area contributed by atoms with Gasteiger partial charge in [-0.2, -0.15) is 0 Å². The van der Waals surface area contributed by atoms with Crippen molar-refractivity contribution >= 4 is 33.4 Å². The van der Waals surface area contributed by atoms with Crippen molar-refractivity contribution in [2.24, 2.45) is 0 Å². The quantitative estimate of drug-likeness (QED) is 0.928. The normalized spacial score (nSPS) is 23.4. The number of benzene rings is 1. The Balaban J connectivity index is 2.42. The van der Waals surface area contributed by atoms with Crippen molar-refractivity contribution in [1.29, 1.82) is 0 Å². The first kappa shape index (κ1) is 14.1. The molecule has 0 saturated carbocycles. The van der Waals surface area contributed by atoms with Gasteiger partial charge in [-0.1, -0.05) is 35.8 Å². The van der Waals surface area contributed by atoms with E-state index in [0.29, 0.717) is 12.8 Å². The van der Waals surface area contributed by atoms with Crippen LogP contribution in [-0.4, -0.2) is 23.9 Å². The van der Waals surface area contributed by atoms with Crippen molar-refractivity contribution < 1.29 is 9.59 Å². The van der Waals surface area contributed by atoms with E-state index in [2.05, 4.69) is 21.2 Å². The maximum atomic E-state index is 12.5. The number of carbonyl (C=O) groups excluding carboxylic acids is 2. The fraction of sp³-hybridized carbons (Fsp3) is 0.429. The first-order valence-electron chi connectivity index (χ1n) is 6.47. The molecule has 1 aromatic carbocycles. The molecule has 1 heterocycles. The third-order valence-corrected chi connectivity index (χ3v) is 3.84. The van der Waals surface area contributed by atoms with Crippen LogP contribution < -0.4 is 10.2 Å². The van der Waals surface area contributed by atoms with E-state index in [1.165, 1.54) is 0 Å². The van der Waals surface area contributed by atoms with Crippen molar-refractivity contribution in [2.45, 2.75) is 38.8 Å². The second-order valence-electron chi connectivity index (χ2n) is 4.58. The van der Waals surface area contributed by atoms with Gasteiger partial charge in [0.05, 0.1) is 0 Å². The van der Waals surface area contributed by atoms with Crippen LogP contribution in [0.15, 0.2) is 28.7 Å². The van der Waals surface area contributed by atoms with Gasteiger partial charge in [0.25, 0.3) is 0 Å². The summed E-state index contributed by atoms with van der Waals surface area (Å²) in [5, 5.41) is 2.79. The van der Waals surface area contributed by atoms with E-state index in [0.717, 1.165) is 10.2 Å². The maximum absolute atomic E-state index is 12.5. The van der Waals surface area contributed by atoms with Gasteiger partial charge >= 0.3 is 0 Å². The molecule has 1 N–H and O–H groups in total. The Labute approximate surface area is 121 Å². The van der Waals surface area contributed by atoms with Crippen LogP contribution in [0, 0.1) is 0 Å². The summed E-state index contributed by atoms with van der Waals surface area (Å²) in [5.74, 6) is -0.110. The van der Waals surface area contributed by atoms with Crippen LogP contribution in [0.1, 0.15) is 26.7 Å². The molecule has 0 spiro atoms. The number of rotatable bonds is 3. The molecule has 2 unspecified atom stereocenters. The van der Waals surface area contributed by atoms with Crippen molar-refractivity contribution in [2.75, 3.05) is 4.90 Å². The Hall–Kier alpha value is -1.36. The van der Waals surface area contributed by atoms with Gasteiger partial charge < -0.3 is 5.32 Å². The summed E-state index contributed by atoms with van der Waals surface area (Å²) in [7, 11) is 0. The van der Waals surface area contributed by atoms with Gasteiger partial charge in [-0.15, -0.1) is 0 Å². The highest BCUT2D eigenvalue weighted by atomic mass is 79.9. The lowest BCUT2D eigenvalue weighted by Gasteiger charge is -2.38. The van der Waals surface area contributed by atoms with Crippen molar-refractivity contribution in [1.82, 2.24) is 5.32 Å². The summed E-state index contributed by atoms with van der Waals surface area (Å²) in [5.41, 5.74) is 0.763. The summed E-state index contributed by atoms with van der Waals surface area (Å²) < 4.78 is 0.895. The molecule has 2 atom stereocenters. The van der Waals surface area contributed by atoms with Crippen LogP contribution in [0.25, 0.3) is 0 Å². The monoisotopic (exact) mass is 324 g/mol. The molecule has 102 valence electrons. The van der Waals surface area contributed by atoms with Gasteiger partial charge in [0.15, 0.2) is 0 Å². The predicted molar refractivity (Wildman–Crippen MR) is 77.9 cm³/mol. The van der Waals surface area contributed by atoms with Crippen LogP contribution in [0.2, 0.25) is 0 Å². The molecule has 5 heteroatoms. The fourth-order valence-electron chi connectivity index (χ4n) is 2.35. The molecular formula is C14H17BrN2O2. The second kappa shape index (κ2) is 5.74. The molecule has 0 radical (unpaired) electrons. The minimum absolute atomic E-state index is 0.0351. The molecule has 2 rings (SSSR count). The predicted octanol–water partition coefficient (Wildman–Crippen LogP) is 2.47. The SMILES string of the molecule is CCC1NC(=O)C(CC)N(c2cccc(Br)c2)C1=O. The van der Waals surface area contributed by atoms with Gasteiger partial charge in [-0.3, -0.25) is 14.5 Å². The third kappa shape index (κ3) is 2.66. The second-order valence-corrected chi connectivity index (χ2v) is 5.50. The molecule has 4 nitrogen and oxygen atoms in total. The van der Waals surface area contributed by atoms with Gasteiger partial charge in [0, 0.05) is 10.2 Å². The zero-order valence-electron chi connectivity index (χ0n) is 11.0. The van der Waals surface area contributed by atoms with E-state index in [4.69, 9.17) is 0 Å². The molecule has 0 bridgehead atoms. The molecule has 1 aliphatic heterocycles. The van der Waals surface area contributed by atoms with Crippen LogP contribution >= 0.6 is 15.9 Å². The molecule has 1 saturated heterocycles. The molecule has 1 fully saturated rings. The topological polar surface area (TPSA) is 49.4 Å². The highest BCUT2D eigenvalue weighted by Crippen LogP contribution is 2.26. The zero-order valence-corrected chi connectivity index (χ0v) is 12.6. The Kier molecular flexibility index (Phi) is 4.24. The van der Waals surface area contributed by atoms with Crippen LogP contribution in [0.3, 0.4) is 0 Å². The average molecular weight is 325 g/mol. The summed E-state index contributed by atoms with van der Waals surface area (Å²) in [4.78, 5) is 26.2. The smallest absolute Gasteiger partial charge is 0.250 e. The summed E-state index contributed by atoms with van der Waals surface area (Å²) >= 11 is 3.40. The number of amides is 2. The van der Waals surface area contributed by atoms with Crippen LogP contribution in [0.5, 0.6) is 0 Å². The van der Waals surface area contributed by atoms with E-state index >= 15 is 0 Å². The van der Waals surface area contributed by atoms with Gasteiger partial charge in [-0.05, 0) is 31.0 Å². The lowest BCUT2D eigenvalue weighted by atomic mass is 10.0. The van der Waals surface area contributed by atoms with E-state index in [1.54, 1.807) is 4.90 Å². The third-order valence-electron chi connectivity index (χ3n) is 3.35. The van der Waals surface area contributed by atoms with Crippen molar-refractivity contribution in [3.8, 4) is 0 Å². The Morgan fingerprint density at radius 1 is 1.26 bits per heavy atom. The van der Waals surface area contributed by atoms with E-state index in [1.807, 2.05) is 38.1 Å². The number of nitrogens with one attached hydrogen (secondary N) is 1. The minimum atomic E-state index is -0.426. The molecule has 19 heavy (non-hydrogen) atoms. The molecule has 2 amide bonds. The number of hydrogen-bond donors (Lipinski definition) is 1. The number of halogens is 1. The van der Waals surface area contributed by atoms with Gasteiger partial charge in [0.1, 0.15) is 12.1 Å². The Morgan fingerprint density at radius 3 is 2.58 bits per heavy atom. The lowest BCUT2D eigenvalue weighted by Crippen LogP contribution is -2.63. The Morgan fingerprint density at radius 2 is 2.00 bits per heavy atom. The molecule has 0 aliphatic carbocycles. The van der Waals surface area contributed by atoms with Crippen LogP contribution in [-0.2, 0) is 9.59 Å². The van der Waals surface area contributed by atoms with Crippen molar-refractivity contribution in [3.05, 3.63) is 28.7 Å². The largest absolute Gasteiger partial charge is 0.342 e. The average Bonchev–Trinajstić information content (AvgIpc) is 2.40. The van der Waals surface area contributed by atoms with Gasteiger partial charge in [-0.25, -0.2) is 0 Å². The van der Waals surface area contributed by atoms with E-state index < -0.39 is 12.1 Å². The number of carbonyl (C=O) groups is 2. The van der Waals surface area contributed by atoms with Crippen LogP contribution in [0.4, 0.5) is 5.69 Å². The van der Waals surface area contributed by atoms with E-state index in [9.17, 15) is 9.59 Å². The maximum Gasteiger partial charge on any atom is 0.250 e. The minimum Gasteiger partial charge on any atom is -0.342 e. The fourth-order valence-corrected chi connectivity index (χ4v) is 2.73. The Bertz CT molecular complexity index is 504. The first-order valence-corrected chi connectivity index (χ1v) is 7.26. The molecule has 1 aromatic rings. The molecule has 1 aliphatic rings. The van der Waals surface area contributed by atoms with Gasteiger partial charge in [0.2, 0.25) is 11.8 Å². The van der Waals surface area contributed by atoms with E-state index in [-0.39, 0.29) is 11.8 Å².